The summed E-state index contributed by atoms with van der Waals surface area (Å²) in [5, 5.41) is -0.665. The summed E-state index contributed by atoms with van der Waals surface area (Å²) >= 11 is 0. The third-order valence-corrected chi connectivity index (χ3v) is 8.69. The molecule has 0 radical (unpaired) electrons. The van der Waals surface area contributed by atoms with Gasteiger partial charge >= 0.3 is 0 Å². The molecular weight excluding hydrogens is 629 g/mol. The second-order valence-corrected chi connectivity index (χ2v) is 11.6. The van der Waals surface area contributed by atoms with Crippen LogP contribution in [0, 0.1) is 0 Å². The molecule has 238 valence electrons. The van der Waals surface area contributed by atoms with Crippen molar-refractivity contribution in [2.75, 3.05) is 0 Å². The Hall–Kier alpha value is -7.05. The Labute approximate surface area is 313 Å². The zero-order chi connectivity index (χ0) is 47.4. The maximum atomic E-state index is 9.59. The van der Waals surface area contributed by atoms with E-state index in [1.165, 1.54) is 0 Å². The van der Waals surface area contributed by atoms with Crippen molar-refractivity contribution in [3.63, 3.8) is 0 Å². The number of benzene rings is 7. The van der Waals surface area contributed by atoms with E-state index in [4.69, 9.17) is 31.1 Å². The van der Waals surface area contributed by atoms with Crippen LogP contribution in [0.25, 0.3) is 106 Å². The van der Waals surface area contributed by atoms with Crippen molar-refractivity contribution >= 4 is 65.7 Å². The SMILES string of the molecule is [2H]c1c([2H])c(-c2ccccc2)c2c(oc3c([2H])c(-c4nc(-c5ccccc5)nc(-n5c6c([2H])c([2H])c([2H])c([2H])c6c6c7c(oc8c([2H])c([2H])c([2H])c([2H])c87)c([2H])c([2H])c65)n4)c([2H])c([2H])c32)c1[2H]. The van der Waals surface area contributed by atoms with Gasteiger partial charge in [-0.1, -0.05) is 115 Å². The molecule has 4 aromatic heterocycles. The lowest BCUT2D eigenvalue weighted by atomic mass is 9.99. The molecule has 0 aliphatic carbocycles. The van der Waals surface area contributed by atoms with Crippen LogP contribution in [0.3, 0.4) is 0 Å². The van der Waals surface area contributed by atoms with Gasteiger partial charge in [-0.05, 0) is 53.4 Å². The lowest BCUT2D eigenvalue weighted by Gasteiger charge is -2.11. The topological polar surface area (TPSA) is 69.9 Å². The van der Waals surface area contributed by atoms with Gasteiger partial charge in [0.05, 0.1) is 33.0 Å². The number of fused-ring (bicyclic) bond motifs is 10. The summed E-state index contributed by atoms with van der Waals surface area (Å²) in [5.74, 6) is -0.919. The fourth-order valence-electron chi connectivity index (χ4n) is 6.49. The Morgan fingerprint density at radius 1 is 0.451 bits per heavy atom. The van der Waals surface area contributed by atoms with Crippen LogP contribution < -0.4 is 0 Å². The minimum absolute atomic E-state index is 0.0679. The van der Waals surface area contributed by atoms with Gasteiger partial charge in [0.2, 0.25) is 5.95 Å². The van der Waals surface area contributed by atoms with Gasteiger partial charge in [0.15, 0.2) is 11.6 Å². The summed E-state index contributed by atoms with van der Waals surface area (Å²) in [5.41, 5.74) is -1.08. The molecule has 0 spiro atoms. The molecule has 0 bridgehead atoms. The van der Waals surface area contributed by atoms with Crippen molar-refractivity contribution in [2.24, 2.45) is 0 Å². The first-order valence-electron chi connectivity index (χ1n) is 23.7. The molecule has 6 nitrogen and oxygen atoms in total. The van der Waals surface area contributed by atoms with E-state index in [-0.39, 0.29) is 88.7 Å². The molecule has 51 heavy (non-hydrogen) atoms. The smallest absolute Gasteiger partial charge is 0.238 e. The Bertz CT molecular complexity index is 4060. The Kier molecular flexibility index (Phi) is 3.48. The first-order chi connectivity index (χ1) is 32.0. The normalized spacial score (nSPS) is 16.3. The maximum absolute atomic E-state index is 9.59. The van der Waals surface area contributed by atoms with E-state index in [1.807, 2.05) is 0 Å². The monoisotopic (exact) mass is 670 g/mol. The first kappa shape index (κ1) is 16.6. The lowest BCUT2D eigenvalue weighted by Crippen LogP contribution is -2.06. The van der Waals surface area contributed by atoms with Crippen LogP contribution in [-0.2, 0) is 0 Å². The summed E-state index contributed by atoms with van der Waals surface area (Å²) in [6.45, 7) is 0. The fraction of sp³-hybridized carbons (Fsp3) is 0. The van der Waals surface area contributed by atoms with Crippen molar-refractivity contribution in [3.05, 3.63) is 157 Å². The number of rotatable bonds is 4. The minimum Gasteiger partial charge on any atom is -0.456 e. The number of nitrogens with zero attached hydrogens (tertiary/aromatic N) is 4. The molecule has 11 aromatic rings. The second-order valence-electron chi connectivity index (χ2n) is 11.6. The molecule has 7 aromatic carbocycles. The quantitative estimate of drug-likeness (QED) is 0.186. The van der Waals surface area contributed by atoms with Crippen molar-refractivity contribution in [1.29, 1.82) is 0 Å². The van der Waals surface area contributed by atoms with Crippen LogP contribution in [0.15, 0.2) is 166 Å². The van der Waals surface area contributed by atoms with Crippen LogP contribution in [0.1, 0.15) is 21.9 Å². The van der Waals surface area contributed by atoms with Crippen LogP contribution in [0.5, 0.6) is 0 Å². The maximum Gasteiger partial charge on any atom is 0.238 e. The highest BCUT2D eigenvalue weighted by atomic mass is 16.3. The number of para-hydroxylation sites is 2. The van der Waals surface area contributed by atoms with Crippen LogP contribution in [-0.4, -0.2) is 19.5 Å². The predicted octanol–water partition coefficient (Wildman–Crippen LogP) is 11.8. The van der Waals surface area contributed by atoms with Crippen LogP contribution in [0.4, 0.5) is 0 Å². The number of furan rings is 2. The number of hydrogen-bond donors (Lipinski definition) is 0. The van der Waals surface area contributed by atoms with Crippen LogP contribution >= 0.6 is 0 Å². The molecule has 0 fully saturated rings. The molecule has 11 rings (SSSR count). The molecule has 0 amide bonds. The summed E-state index contributed by atoms with van der Waals surface area (Å²) in [4.78, 5) is 14.2. The highest BCUT2D eigenvalue weighted by Crippen LogP contribution is 2.42. The van der Waals surface area contributed by atoms with Crippen LogP contribution in [0.2, 0.25) is 0 Å². The molecule has 0 aliphatic rings. The van der Waals surface area contributed by atoms with Gasteiger partial charge < -0.3 is 8.83 Å². The van der Waals surface area contributed by atoms with Gasteiger partial charge in [-0.25, -0.2) is 4.98 Å². The average Bonchev–Trinajstić information content (AvgIpc) is 4.04. The largest absolute Gasteiger partial charge is 0.456 e. The van der Waals surface area contributed by atoms with Gasteiger partial charge in [0.25, 0.3) is 0 Å². The van der Waals surface area contributed by atoms with E-state index in [2.05, 4.69) is 4.98 Å². The first-order valence-corrected chi connectivity index (χ1v) is 15.7. The summed E-state index contributed by atoms with van der Waals surface area (Å²) in [7, 11) is 0. The van der Waals surface area contributed by atoms with E-state index in [0.29, 0.717) is 11.1 Å². The van der Waals surface area contributed by atoms with Gasteiger partial charge in [-0.2, -0.15) is 9.97 Å². The highest BCUT2D eigenvalue weighted by molar-refractivity contribution is 6.27. The molecule has 6 heteroatoms. The zero-order valence-corrected chi connectivity index (χ0v) is 25.9. The zero-order valence-electron chi connectivity index (χ0n) is 41.9. The summed E-state index contributed by atoms with van der Waals surface area (Å²) < 4.78 is 157. The molecule has 0 atom stereocenters. The molecule has 0 aliphatic heterocycles. The van der Waals surface area contributed by atoms with Crippen molar-refractivity contribution < 1.29 is 30.8 Å². The number of aromatic nitrogens is 4. The Balaban J connectivity index is 1.31. The van der Waals surface area contributed by atoms with E-state index >= 15 is 0 Å². The standard InChI is InChI=1S/C45H26N4O2/c1-3-12-27(13-4-1)30-18-11-21-37-40(30)33-23-22-29(26-39(33)51-37)44-46-43(28-14-5-2-6-15-28)47-45(48-44)49-34-19-9-7-16-31(34)41-35(49)24-25-38-42(41)32-17-8-10-20-36(32)50-38/h1-26H/i7D,8D,9D,10D,11D,16D,17D,18D,19D,20D,21D,22D,23D,24D,25D,26D. The van der Waals surface area contributed by atoms with E-state index < -0.39 is 102 Å². The predicted molar refractivity (Wildman–Crippen MR) is 205 cm³/mol. The van der Waals surface area contributed by atoms with E-state index in [0.717, 1.165) is 4.57 Å². The molecule has 0 saturated heterocycles. The van der Waals surface area contributed by atoms with Gasteiger partial charge in [-0.15, -0.1) is 0 Å². The van der Waals surface area contributed by atoms with Crippen molar-refractivity contribution in [3.8, 4) is 39.9 Å². The number of hydrogen-bond acceptors (Lipinski definition) is 5. The molecule has 4 heterocycles. The van der Waals surface area contributed by atoms with Gasteiger partial charge in [0.1, 0.15) is 22.3 Å². The third kappa shape index (κ3) is 4.20. The average molecular weight is 671 g/mol. The van der Waals surface area contributed by atoms with Crippen molar-refractivity contribution in [2.45, 2.75) is 0 Å². The lowest BCUT2D eigenvalue weighted by molar-refractivity contribution is 0.669. The third-order valence-electron chi connectivity index (χ3n) is 8.69. The van der Waals surface area contributed by atoms with E-state index in [9.17, 15) is 9.60 Å². The fourth-order valence-corrected chi connectivity index (χ4v) is 6.49. The Morgan fingerprint density at radius 3 is 1.96 bits per heavy atom. The summed E-state index contributed by atoms with van der Waals surface area (Å²) in [6.07, 6.45) is 0. The van der Waals surface area contributed by atoms with Gasteiger partial charge in [-0.3, -0.25) is 4.57 Å². The minimum atomic E-state index is -0.696. The van der Waals surface area contributed by atoms with Crippen molar-refractivity contribution in [1.82, 2.24) is 19.5 Å². The highest BCUT2D eigenvalue weighted by Gasteiger charge is 2.22. The van der Waals surface area contributed by atoms with E-state index in [1.54, 1.807) is 60.7 Å². The van der Waals surface area contributed by atoms with Gasteiger partial charge in [0, 0.05) is 43.4 Å². The molecule has 0 saturated carbocycles. The molecule has 0 N–H and O–H groups in total. The molecular formula is C45H26N4O2. The second kappa shape index (κ2) is 10.7. The summed E-state index contributed by atoms with van der Waals surface area (Å²) in [6, 6.07) is 7.91. The molecule has 0 unspecified atom stereocenters. The Morgan fingerprint density at radius 2 is 1.12 bits per heavy atom.